The van der Waals surface area contributed by atoms with Gasteiger partial charge in [-0.1, -0.05) is 25.4 Å². The van der Waals surface area contributed by atoms with Gasteiger partial charge in [-0.25, -0.2) is 4.98 Å². The Balaban J connectivity index is 2.55. The van der Waals surface area contributed by atoms with Gasteiger partial charge in [0.15, 0.2) is 0 Å². The van der Waals surface area contributed by atoms with Crippen LogP contribution in [0.3, 0.4) is 0 Å². The fourth-order valence-electron chi connectivity index (χ4n) is 2.15. The van der Waals surface area contributed by atoms with Gasteiger partial charge in [-0.05, 0) is 39.4 Å². The summed E-state index contributed by atoms with van der Waals surface area (Å²) in [4.78, 5) is 16.9. The topological polar surface area (TPSA) is 71.3 Å². The minimum atomic E-state index is -0.468. The van der Waals surface area contributed by atoms with E-state index in [0.29, 0.717) is 0 Å². The Morgan fingerprint density at radius 2 is 2.14 bits per heavy atom. The predicted molar refractivity (Wildman–Crippen MR) is 86.0 cm³/mol. The number of pyridine rings is 1. The van der Waals surface area contributed by atoms with E-state index in [-0.39, 0.29) is 22.6 Å². The summed E-state index contributed by atoms with van der Waals surface area (Å²) < 4.78 is 0. The van der Waals surface area contributed by atoms with E-state index >= 15 is 0 Å². The van der Waals surface area contributed by atoms with Crippen molar-refractivity contribution in [2.45, 2.75) is 39.7 Å². The van der Waals surface area contributed by atoms with Gasteiger partial charge in [-0.2, -0.15) is 0 Å². The molecule has 1 heterocycles. The largest absolute Gasteiger partial charge is 0.362 e. The molecule has 0 fully saturated rings. The maximum Gasteiger partial charge on any atom is 0.312 e. The molecule has 0 amide bonds. The molecular formula is C14H23ClN4O2. The molecule has 0 aliphatic rings. The van der Waals surface area contributed by atoms with Crippen LogP contribution < -0.4 is 5.32 Å². The van der Waals surface area contributed by atoms with Crippen molar-refractivity contribution in [2.75, 3.05) is 25.0 Å². The number of hydrogen-bond acceptors (Lipinski definition) is 5. The Morgan fingerprint density at radius 3 is 2.71 bits per heavy atom. The second-order valence-electron chi connectivity index (χ2n) is 4.99. The van der Waals surface area contributed by atoms with Crippen molar-refractivity contribution in [1.29, 1.82) is 0 Å². The van der Waals surface area contributed by atoms with Crippen LogP contribution in [0.25, 0.3) is 0 Å². The molecule has 0 radical (unpaired) electrons. The molecule has 1 rings (SSSR count). The van der Waals surface area contributed by atoms with E-state index in [9.17, 15) is 10.1 Å². The molecule has 7 heteroatoms. The highest BCUT2D eigenvalue weighted by molar-refractivity contribution is 6.30. The standard InChI is InChI=1S/C14H23ClN4O2/c1-4-18(5-2)8-6-7-11(3)17-14-13(19(20)21)9-12(15)10-16-14/h9-11H,4-8H2,1-3H3,(H,16,17). The lowest BCUT2D eigenvalue weighted by Gasteiger charge is -2.20. The summed E-state index contributed by atoms with van der Waals surface area (Å²) in [5.41, 5.74) is -0.0851. The third-order valence-electron chi connectivity index (χ3n) is 3.42. The van der Waals surface area contributed by atoms with Crippen molar-refractivity contribution in [3.63, 3.8) is 0 Å². The molecular weight excluding hydrogens is 292 g/mol. The van der Waals surface area contributed by atoms with Crippen molar-refractivity contribution in [2.24, 2.45) is 0 Å². The van der Waals surface area contributed by atoms with Gasteiger partial charge in [0.1, 0.15) is 0 Å². The molecule has 1 aromatic rings. The number of anilines is 1. The molecule has 0 bridgehead atoms. The van der Waals surface area contributed by atoms with Gasteiger partial charge in [-0.3, -0.25) is 10.1 Å². The maximum atomic E-state index is 11.0. The van der Waals surface area contributed by atoms with E-state index in [1.54, 1.807) is 0 Å². The Morgan fingerprint density at radius 1 is 1.48 bits per heavy atom. The first-order valence-corrected chi connectivity index (χ1v) is 7.64. The SMILES string of the molecule is CCN(CC)CCCC(C)Nc1ncc(Cl)cc1[N+](=O)[O-]. The van der Waals surface area contributed by atoms with Crippen molar-refractivity contribution in [1.82, 2.24) is 9.88 Å². The van der Waals surface area contributed by atoms with Crippen molar-refractivity contribution >= 4 is 23.1 Å². The molecule has 21 heavy (non-hydrogen) atoms. The number of aromatic nitrogens is 1. The van der Waals surface area contributed by atoms with Gasteiger partial charge in [0.05, 0.1) is 9.95 Å². The predicted octanol–water partition coefficient (Wildman–Crippen LogP) is 3.57. The quantitative estimate of drug-likeness (QED) is 0.557. The highest BCUT2D eigenvalue weighted by atomic mass is 35.5. The zero-order valence-corrected chi connectivity index (χ0v) is 13.6. The maximum absolute atomic E-state index is 11.0. The van der Waals surface area contributed by atoms with E-state index in [4.69, 9.17) is 11.6 Å². The fraction of sp³-hybridized carbons (Fsp3) is 0.643. The third-order valence-corrected chi connectivity index (χ3v) is 3.63. The minimum Gasteiger partial charge on any atom is -0.362 e. The Bertz CT molecular complexity index is 466. The van der Waals surface area contributed by atoms with E-state index < -0.39 is 4.92 Å². The molecule has 0 saturated heterocycles. The van der Waals surface area contributed by atoms with Crippen LogP contribution in [0.1, 0.15) is 33.6 Å². The normalized spacial score (nSPS) is 12.4. The lowest BCUT2D eigenvalue weighted by atomic mass is 10.1. The number of nitrogens with zero attached hydrogens (tertiary/aromatic N) is 3. The number of nitro groups is 1. The first-order valence-electron chi connectivity index (χ1n) is 7.26. The van der Waals surface area contributed by atoms with Crippen LogP contribution in [0.15, 0.2) is 12.3 Å². The molecule has 1 N–H and O–H groups in total. The van der Waals surface area contributed by atoms with E-state index in [2.05, 4.69) is 29.0 Å². The summed E-state index contributed by atoms with van der Waals surface area (Å²) in [6.07, 6.45) is 3.38. The highest BCUT2D eigenvalue weighted by Crippen LogP contribution is 2.25. The summed E-state index contributed by atoms with van der Waals surface area (Å²) in [6, 6.07) is 1.44. The van der Waals surface area contributed by atoms with Crippen LogP contribution in [-0.4, -0.2) is 40.5 Å². The average molecular weight is 315 g/mol. The first kappa shape index (κ1) is 17.7. The highest BCUT2D eigenvalue weighted by Gasteiger charge is 2.17. The second kappa shape index (κ2) is 8.79. The molecule has 0 aliphatic carbocycles. The third kappa shape index (κ3) is 5.85. The minimum absolute atomic E-state index is 0.0851. The van der Waals surface area contributed by atoms with E-state index in [1.165, 1.54) is 12.3 Å². The van der Waals surface area contributed by atoms with Gasteiger partial charge in [0, 0.05) is 18.3 Å². The van der Waals surface area contributed by atoms with E-state index in [0.717, 1.165) is 32.5 Å². The molecule has 1 atom stereocenters. The van der Waals surface area contributed by atoms with Crippen LogP contribution in [-0.2, 0) is 0 Å². The van der Waals surface area contributed by atoms with Crippen LogP contribution >= 0.6 is 11.6 Å². The van der Waals surface area contributed by atoms with Crippen LogP contribution in [0, 0.1) is 10.1 Å². The molecule has 0 spiro atoms. The zero-order valence-electron chi connectivity index (χ0n) is 12.8. The van der Waals surface area contributed by atoms with Crippen molar-refractivity contribution in [3.8, 4) is 0 Å². The Labute approximate surface area is 130 Å². The summed E-state index contributed by atoms with van der Waals surface area (Å²) in [7, 11) is 0. The van der Waals surface area contributed by atoms with Crippen molar-refractivity contribution in [3.05, 3.63) is 27.4 Å². The van der Waals surface area contributed by atoms with Crippen LogP contribution in [0.2, 0.25) is 5.02 Å². The Hall–Kier alpha value is -1.40. The fourth-order valence-corrected chi connectivity index (χ4v) is 2.30. The monoisotopic (exact) mass is 314 g/mol. The summed E-state index contributed by atoms with van der Waals surface area (Å²) in [5, 5.41) is 14.4. The van der Waals surface area contributed by atoms with Gasteiger partial charge >= 0.3 is 5.69 Å². The summed E-state index contributed by atoms with van der Waals surface area (Å²) in [5.74, 6) is 0.278. The van der Waals surface area contributed by atoms with Gasteiger partial charge < -0.3 is 10.2 Å². The van der Waals surface area contributed by atoms with E-state index in [1.807, 2.05) is 6.92 Å². The molecule has 1 unspecified atom stereocenters. The zero-order chi connectivity index (χ0) is 15.8. The number of hydrogen-bond donors (Lipinski definition) is 1. The number of rotatable bonds is 9. The number of halogens is 1. The molecule has 0 saturated carbocycles. The number of nitrogens with one attached hydrogen (secondary N) is 1. The van der Waals surface area contributed by atoms with Crippen LogP contribution in [0.4, 0.5) is 11.5 Å². The van der Waals surface area contributed by atoms with Crippen LogP contribution in [0.5, 0.6) is 0 Å². The molecule has 0 aromatic carbocycles. The Kier molecular flexibility index (Phi) is 7.39. The smallest absolute Gasteiger partial charge is 0.312 e. The lowest BCUT2D eigenvalue weighted by Crippen LogP contribution is -2.25. The van der Waals surface area contributed by atoms with Gasteiger partial charge in [0.2, 0.25) is 5.82 Å². The van der Waals surface area contributed by atoms with Gasteiger partial charge in [0.25, 0.3) is 0 Å². The first-order chi connectivity index (χ1) is 9.97. The summed E-state index contributed by atoms with van der Waals surface area (Å²) in [6.45, 7) is 9.42. The molecule has 118 valence electrons. The van der Waals surface area contributed by atoms with Crippen molar-refractivity contribution < 1.29 is 4.92 Å². The second-order valence-corrected chi connectivity index (χ2v) is 5.43. The van der Waals surface area contributed by atoms with Gasteiger partial charge in [-0.15, -0.1) is 0 Å². The average Bonchev–Trinajstić information content (AvgIpc) is 2.45. The summed E-state index contributed by atoms with van der Waals surface area (Å²) >= 11 is 5.75. The molecule has 6 nitrogen and oxygen atoms in total. The lowest BCUT2D eigenvalue weighted by molar-refractivity contribution is -0.384. The molecule has 1 aromatic heterocycles. The molecule has 0 aliphatic heterocycles.